The fourth-order valence-electron chi connectivity index (χ4n) is 1.50. The van der Waals surface area contributed by atoms with Crippen molar-refractivity contribution in [2.45, 2.75) is 34.6 Å². The van der Waals surface area contributed by atoms with Crippen molar-refractivity contribution in [3.8, 4) is 0 Å². The average Bonchev–Trinajstić information content (AvgIpc) is 2.49. The van der Waals surface area contributed by atoms with Crippen LogP contribution in [-0.4, -0.2) is 4.98 Å². The molecule has 0 fully saturated rings. The number of pyridine rings is 1. The molecule has 0 bridgehead atoms. The van der Waals surface area contributed by atoms with Crippen LogP contribution < -0.4 is 0 Å². The number of rotatable bonds is 0. The Balaban J connectivity index is 0.000000461. The molecule has 0 spiro atoms. The second-order valence-electron chi connectivity index (χ2n) is 3.12. The third-order valence-electron chi connectivity index (χ3n) is 1.92. The molecule has 1 nitrogen and oxygen atoms in total. The molecule has 0 aliphatic rings. The van der Waals surface area contributed by atoms with Crippen molar-refractivity contribution in [1.29, 1.82) is 0 Å². The molecule has 0 saturated carbocycles. The highest BCUT2D eigenvalue weighted by molar-refractivity contribution is 7.19. The molecule has 2 heteroatoms. The summed E-state index contributed by atoms with van der Waals surface area (Å²) in [5, 5.41) is 1.34. The third kappa shape index (κ3) is 2.13. The van der Waals surface area contributed by atoms with Crippen LogP contribution in [0.1, 0.15) is 30.1 Å². The number of aryl methyl sites for hydroxylation is 3. The smallest absolute Gasteiger partial charge is 0.0558 e. The van der Waals surface area contributed by atoms with Crippen molar-refractivity contribution < 1.29 is 0 Å². The molecule has 76 valence electrons. The predicted octanol–water partition coefficient (Wildman–Crippen LogP) is 4.25. The fraction of sp³-hybridized carbons (Fsp3) is 0.417. The van der Waals surface area contributed by atoms with Gasteiger partial charge in [-0.15, -0.1) is 11.3 Å². The quantitative estimate of drug-likeness (QED) is 0.629. The molecular formula is C12H17NS. The average molecular weight is 207 g/mol. The molecule has 14 heavy (non-hydrogen) atoms. The van der Waals surface area contributed by atoms with Crippen LogP contribution in [0, 0.1) is 20.8 Å². The summed E-state index contributed by atoms with van der Waals surface area (Å²) in [6, 6.07) is 4.37. The number of nitrogens with zero attached hydrogens (tertiary/aromatic N) is 1. The van der Waals surface area contributed by atoms with Crippen LogP contribution in [0.2, 0.25) is 0 Å². The second kappa shape index (κ2) is 4.56. The van der Waals surface area contributed by atoms with E-state index in [2.05, 4.69) is 31.0 Å². The maximum atomic E-state index is 4.43. The number of thiophene rings is 1. The summed E-state index contributed by atoms with van der Waals surface area (Å²) in [5.74, 6) is 0. The van der Waals surface area contributed by atoms with Gasteiger partial charge in [0.05, 0.1) is 10.4 Å². The van der Waals surface area contributed by atoms with Gasteiger partial charge in [-0.05, 0) is 38.3 Å². The maximum Gasteiger partial charge on any atom is 0.0558 e. The zero-order chi connectivity index (χ0) is 10.7. The molecule has 0 radical (unpaired) electrons. The minimum Gasteiger partial charge on any atom is -0.257 e. The standard InChI is InChI=1S/C10H11NS.C2H6/c1-6-4-9-5-7(2)12-10(9)8(3)11-6;1-2/h4-5H,1-3H3;1-2H3. The first-order chi connectivity index (χ1) is 6.66. The molecule has 0 aliphatic heterocycles. The van der Waals surface area contributed by atoms with Gasteiger partial charge in [0.25, 0.3) is 0 Å². The van der Waals surface area contributed by atoms with E-state index in [0.717, 1.165) is 11.4 Å². The predicted molar refractivity (Wildman–Crippen MR) is 65.2 cm³/mol. The van der Waals surface area contributed by atoms with Crippen LogP contribution in [-0.2, 0) is 0 Å². The van der Waals surface area contributed by atoms with E-state index in [1.54, 1.807) is 0 Å². The van der Waals surface area contributed by atoms with Gasteiger partial charge >= 0.3 is 0 Å². The molecule has 0 aromatic carbocycles. The molecule has 2 rings (SSSR count). The summed E-state index contributed by atoms with van der Waals surface area (Å²) in [6.45, 7) is 10.3. The van der Waals surface area contributed by atoms with E-state index in [1.165, 1.54) is 15.0 Å². The first-order valence-corrected chi connectivity index (χ1v) is 5.83. The molecule has 0 amide bonds. The van der Waals surface area contributed by atoms with Gasteiger partial charge < -0.3 is 0 Å². The van der Waals surface area contributed by atoms with Crippen LogP contribution in [0.3, 0.4) is 0 Å². The Morgan fingerprint density at radius 1 is 1.07 bits per heavy atom. The monoisotopic (exact) mass is 207 g/mol. The molecule has 0 aliphatic carbocycles. The normalized spacial score (nSPS) is 9.79. The van der Waals surface area contributed by atoms with Crippen LogP contribution in [0.4, 0.5) is 0 Å². The Labute approximate surface area is 89.8 Å². The van der Waals surface area contributed by atoms with Crippen LogP contribution >= 0.6 is 11.3 Å². The maximum absolute atomic E-state index is 4.43. The minimum absolute atomic E-state index is 1.11. The van der Waals surface area contributed by atoms with Gasteiger partial charge in [0.1, 0.15) is 0 Å². The lowest BCUT2D eigenvalue weighted by molar-refractivity contribution is 1.16. The van der Waals surface area contributed by atoms with E-state index in [1.807, 2.05) is 32.1 Å². The topological polar surface area (TPSA) is 12.9 Å². The van der Waals surface area contributed by atoms with Gasteiger partial charge in [0.2, 0.25) is 0 Å². The van der Waals surface area contributed by atoms with E-state index in [4.69, 9.17) is 0 Å². The number of fused-ring (bicyclic) bond motifs is 1. The van der Waals surface area contributed by atoms with Crippen LogP contribution in [0.15, 0.2) is 12.1 Å². The van der Waals surface area contributed by atoms with Gasteiger partial charge in [-0.25, -0.2) is 0 Å². The number of hydrogen-bond acceptors (Lipinski definition) is 2. The minimum atomic E-state index is 1.11. The molecule has 0 N–H and O–H groups in total. The largest absolute Gasteiger partial charge is 0.257 e. The molecule has 0 unspecified atom stereocenters. The number of aromatic nitrogens is 1. The van der Waals surface area contributed by atoms with E-state index < -0.39 is 0 Å². The Kier molecular flexibility index (Phi) is 3.64. The second-order valence-corrected chi connectivity index (χ2v) is 4.38. The van der Waals surface area contributed by atoms with E-state index in [-0.39, 0.29) is 0 Å². The Bertz CT molecular complexity index is 429. The van der Waals surface area contributed by atoms with Crippen molar-refractivity contribution in [3.05, 3.63) is 28.4 Å². The van der Waals surface area contributed by atoms with Gasteiger partial charge in [-0.2, -0.15) is 0 Å². The zero-order valence-corrected chi connectivity index (χ0v) is 10.3. The fourth-order valence-corrected chi connectivity index (χ4v) is 2.43. The summed E-state index contributed by atoms with van der Waals surface area (Å²) in [6.07, 6.45) is 0. The van der Waals surface area contributed by atoms with E-state index >= 15 is 0 Å². The molecule has 0 saturated heterocycles. The SMILES string of the molecule is CC.Cc1cc2cc(C)sc2c(C)n1. The van der Waals surface area contributed by atoms with Crippen molar-refractivity contribution >= 4 is 21.4 Å². The Morgan fingerprint density at radius 2 is 1.71 bits per heavy atom. The molecule has 2 heterocycles. The van der Waals surface area contributed by atoms with Crippen LogP contribution in [0.25, 0.3) is 10.1 Å². The number of hydrogen-bond donors (Lipinski definition) is 0. The lowest BCUT2D eigenvalue weighted by Crippen LogP contribution is -1.83. The highest BCUT2D eigenvalue weighted by Gasteiger charge is 2.02. The Hall–Kier alpha value is -0.890. The van der Waals surface area contributed by atoms with E-state index in [9.17, 15) is 0 Å². The summed E-state index contributed by atoms with van der Waals surface area (Å²) < 4.78 is 1.33. The Morgan fingerprint density at radius 3 is 2.36 bits per heavy atom. The molecule has 2 aromatic rings. The lowest BCUT2D eigenvalue weighted by atomic mass is 10.2. The first-order valence-electron chi connectivity index (χ1n) is 5.01. The van der Waals surface area contributed by atoms with Gasteiger partial charge in [-0.3, -0.25) is 4.98 Å². The third-order valence-corrected chi connectivity index (χ3v) is 3.10. The highest BCUT2D eigenvalue weighted by Crippen LogP contribution is 2.27. The summed E-state index contributed by atoms with van der Waals surface area (Å²) in [4.78, 5) is 5.79. The van der Waals surface area contributed by atoms with Crippen LogP contribution in [0.5, 0.6) is 0 Å². The molecule has 2 aromatic heterocycles. The molecule has 0 atom stereocenters. The highest BCUT2D eigenvalue weighted by atomic mass is 32.1. The van der Waals surface area contributed by atoms with Gasteiger partial charge in [-0.1, -0.05) is 13.8 Å². The van der Waals surface area contributed by atoms with Crippen molar-refractivity contribution in [2.75, 3.05) is 0 Å². The van der Waals surface area contributed by atoms with Gasteiger partial charge in [0.15, 0.2) is 0 Å². The summed E-state index contributed by atoms with van der Waals surface area (Å²) in [7, 11) is 0. The molecular weight excluding hydrogens is 190 g/mol. The van der Waals surface area contributed by atoms with E-state index in [0.29, 0.717) is 0 Å². The summed E-state index contributed by atoms with van der Waals surface area (Å²) in [5.41, 5.74) is 2.26. The van der Waals surface area contributed by atoms with Crippen molar-refractivity contribution in [2.24, 2.45) is 0 Å². The van der Waals surface area contributed by atoms with Crippen molar-refractivity contribution in [3.63, 3.8) is 0 Å². The van der Waals surface area contributed by atoms with Gasteiger partial charge in [0, 0.05) is 10.6 Å². The first kappa shape index (κ1) is 11.2. The lowest BCUT2D eigenvalue weighted by Gasteiger charge is -1.96. The zero-order valence-electron chi connectivity index (χ0n) is 9.51. The van der Waals surface area contributed by atoms with Crippen molar-refractivity contribution in [1.82, 2.24) is 4.98 Å². The summed E-state index contributed by atoms with van der Waals surface area (Å²) >= 11 is 1.82.